The third kappa shape index (κ3) is 3.27. The molecular weight excluding hydrogens is 280 g/mol. The SMILES string of the molecule is Cc1ccccc1CCNC(=O)N1CCc2sccc2C1. The molecule has 1 N–H and O–H groups in total. The number of urea groups is 1. The topological polar surface area (TPSA) is 32.3 Å². The third-order valence-electron chi connectivity index (χ3n) is 4.03. The van der Waals surface area contributed by atoms with Crippen LogP contribution < -0.4 is 5.32 Å². The molecule has 0 saturated heterocycles. The van der Waals surface area contributed by atoms with Crippen molar-refractivity contribution in [2.24, 2.45) is 0 Å². The average molecular weight is 300 g/mol. The van der Waals surface area contributed by atoms with Crippen LogP contribution in [0.25, 0.3) is 0 Å². The monoisotopic (exact) mass is 300 g/mol. The van der Waals surface area contributed by atoms with Gasteiger partial charge in [-0.05, 0) is 47.9 Å². The normalized spacial score (nSPS) is 13.9. The number of hydrogen-bond donors (Lipinski definition) is 1. The van der Waals surface area contributed by atoms with E-state index < -0.39 is 0 Å². The lowest BCUT2D eigenvalue weighted by Crippen LogP contribution is -2.43. The molecule has 0 spiro atoms. The first-order valence-electron chi connectivity index (χ1n) is 7.36. The van der Waals surface area contributed by atoms with Gasteiger partial charge in [0.2, 0.25) is 0 Å². The molecule has 21 heavy (non-hydrogen) atoms. The smallest absolute Gasteiger partial charge is 0.317 e. The van der Waals surface area contributed by atoms with Crippen LogP contribution >= 0.6 is 11.3 Å². The van der Waals surface area contributed by atoms with Gasteiger partial charge < -0.3 is 10.2 Å². The van der Waals surface area contributed by atoms with E-state index in [9.17, 15) is 4.79 Å². The number of thiophene rings is 1. The molecule has 0 atom stereocenters. The van der Waals surface area contributed by atoms with E-state index in [1.54, 1.807) is 11.3 Å². The number of nitrogens with zero attached hydrogens (tertiary/aromatic N) is 1. The fourth-order valence-electron chi connectivity index (χ4n) is 2.73. The molecule has 0 aliphatic carbocycles. The van der Waals surface area contributed by atoms with Crippen LogP contribution in [-0.4, -0.2) is 24.0 Å². The average Bonchev–Trinajstić information content (AvgIpc) is 2.96. The summed E-state index contributed by atoms with van der Waals surface area (Å²) in [6.07, 6.45) is 1.87. The number of fused-ring (bicyclic) bond motifs is 1. The summed E-state index contributed by atoms with van der Waals surface area (Å²) in [5.74, 6) is 0. The Kier molecular flexibility index (Phi) is 4.25. The molecular formula is C17H20N2OS. The van der Waals surface area contributed by atoms with Gasteiger partial charge in [0.1, 0.15) is 0 Å². The molecule has 0 radical (unpaired) electrons. The van der Waals surface area contributed by atoms with Gasteiger partial charge in [0, 0.05) is 24.5 Å². The molecule has 0 bridgehead atoms. The zero-order chi connectivity index (χ0) is 14.7. The first-order valence-corrected chi connectivity index (χ1v) is 8.24. The third-order valence-corrected chi connectivity index (χ3v) is 5.05. The molecule has 3 rings (SSSR count). The number of carbonyl (C=O) groups excluding carboxylic acids is 1. The second-order valence-corrected chi connectivity index (χ2v) is 6.45. The molecule has 4 heteroatoms. The van der Waals surface area contributed by atoms with E-state index >= 15 is 0 Å². The number of hydrogen-bond acceptors (Lipinski definition) is 2. The van der Waals surface area contributed by atoms with Crippen molar-refractivity contribution in [1.82, 2.24) is 10.2 Å². The Hall–Kier alpha value is -1.81. The van der Waals surface area contributed by atoms with E-state index in [1.165, 1.54) is 21.6 Å². The van der Waals surface area contributed by atoms with E-state index in [2.05, 4.69) is 35.8 Å². The van der Waals surface area contributed by atoms with Crippen molar-refractivity contribution >= 4 is 17.4 Å². The summed E-state index contributed by atoms with van der Waals surface area (Å²) < 4.78 is 0. The first-order chi connectivity index (χ1) is 10.2. The van der Waals surface area contributed by atoms with Gasteiger partial charge >= 0.3 is 6.03 Å². The predicted molar refractivity (Wildman–Crippen MR) is 86.7 cm³/mol. The highest BCUT2D eigenvalue weighted by molar-refractivity contribution is 7.10. The second kappa shape index (κ2) is 6.31. The number of nitrogens with one attached hydrogen (secondary N) is 1. The van der Waals surface area contributed by atoms with Crippen molar-refractivity contribution in [2.45, 2.75) is 26.3 Å². The summed E-state index contributed by atoms with van der Waals surface area (Å²) in [5.41, 5.74) is 3.89. The molecule has 1 aromatic carbocycles. The van der Waals surface area contributed by atoms with E-state index in [0.29, 0.717) is 6.54 Å². The molecule has 3 nitrogen and oxygen atoms in total. The number of carbonyl (C=O) groups is 1. The van der Waals surface area contributed by atoms with Crippen LogP contribution in [0.2, 0.25) is 0 Å². The van der Waals surface area contributed by atoms with Crippen LogP contribution in [0.4, 0.5) is 4.79 Å². The lowest BCUT2D eigenvalue weighted by molar-refractivity contribution is 0.193. The lowest BCUT2D eigenvalue weighted by atomic mass is 10.1. The van der Waals surface area contributed by atoms with Gasteiger partial charge in [0.25, 0.3) is 0 Å². The standard InChI is InChI=1S/C17H20N2OS/c1-13-4-2-3-5-14(13)6-9-18-17(20)19-10-7-16-15(12-19)8-11-21-16/h2-5,8,11H,6-7,9-10,12H2,1H3,(H,18,20). The fourth-order valence-corrected chi connectivity index (χ4v) is 3.62. The van der Waals surface area contributed by atoms with Gasteiger partial charge in [-0.15, -0.1) is 11.3 Å². The molecule has 1 aliphatic heterocycles. The van der Waals surface area contributed by atoms with Gasteiger partial charge in [-0.3, -0.25) is 0 Å². The molecule has 2 aromatic rings. The van der Waals surface area contributed by atoms with Gasteiger partial charge in [-0.2, -0.15) is 0 Å². The largest absolute Gasteiger partial charge is 0.338 e. The maximum Gasteiger partial charge on any atom is 0.317 e. The van der Waals surface area contributed by atoms with Crippen LogP contribution in [0.3, 0.4) is 0 Å². The van der Waals surface area contributed by atoms with Crippen molar-refractivity contribution in [3.8, 4) is 0 Å². The second-order valence-electron chi connectivity index (χ2n) is 5.45. The molecule has 110 valence electrons. The lowest BCUT2D eigenvalue weighted by Gasteiger charge is -2.27. The summed E-state index contributed by atoms with van der Waals surface area (Å²) in [4.78, 5) is 15.6. The van der Waals surface area contributed by atoms with Crippen LogP contribution in [0.5, 0.6) is 0 Å². The fraction of sp³-hybridized carbons (Fsp3) is 0.353. The van der Waals surface area contributed by atoms with Gasteiger partial charge in [0.05, 0.1) is 0 Å². The van der Waals surface area contributed by atoms with Crippen molar-refractivity contribution in [3.63, 3.8) is 0 Å². The molecule has 1 aliphatic rings. The van der Waals surface area contributed by atoms with Crippen molar-refractivity contribution in [3.05, 3.63) is 57.3 Å². The first kappa shape index (κ1) is 14.1. The summed E-state index contributed by atoms with van der Waals surface area (Å²) in [5, 5.41) is 5.16. The molecule has 1 aromatic heterocycles. The molecule has 0 fully saturated rings. The Bertz CT molecular complexity index is 635. The van der Waals surface area contributed by atoms with Crippen LogP contribution in [0.15, 0.2) is 35.7 Å². The Morgan fingerprint density at radius 1 is 1.33 bits per heavy atom. The van der Waals surface area contributed by atoms with E-state index in [4.69, 9.17) is 0 Å². The minimum atomic E-state index is 0.0560. The van der Waals surface area contributed by atoms with Crippen LogP contribution in [-0.2, 0) is 19.4 Å². The number of aryl methyl sites for hydroxylation is 1. The molecule has 0 saturated carbocycles. The maximum absolute atomic E-state index is 12.2. The van der Waals surface area contributed by atoms with E-state index in [-0.39, 0.29) is 6.03 Å². The van der Waals surface area contributed by atoms with E-state index in [0.717, 1.165) is 25.9 Å². The van der Waals surface area contributed by atoms with E-state index in [1.807, 2.05) is 17.0 Å². The van der Waals surface area contributed by atoms with Crippen molar-refractivity contribution in [2.75, 3.05) is 13.1 Å². The highest BCUT2D eigenvalue weighted by Gasteiger charge is 2.20. The van der Waals surface area contributed by atoms with Gasteiger partial charge in [0.15, 0.2) is 0 Å². The van der Waals surface area contributed by atoms with Crippen LogP contribution in [0.1, 0.15) is 21.6 Å². The molecule has 2 heterocycles. The summed E-state index contributed by atoms with van der Waals surface area (Å²) >= 11 is 1.80. The van der Waals surface area contributed by atoms with Gasteiger partial charge in [-0.1, -0.05) is 24.3 Å². The number of benzene rings is 1. The highest BCUT2D eigenvalue weighted by atomic mass is 32.1. The van der Waals surface area contributed by atoms with Crippen molar-refractivity contribution in [1.29, 1.82) is 0 Å². The Balaban J connectivity index is 1.50. The van der Waals surface area contributed by atoms with Crippen LogP contribution in [0, 0.1) is 6.92 Å². The quantitative estimate of drug-likeness (QED) is 0.926. The summed E-state index contributed by atoms with van der Waals surface area (Å²) in [6, 6.07) is 10.5. The minimum Gasteiger partial charge on any atom is -0.338 e. The minimum absolute atomic E-state index is 0.0560. The number of rotatable bonds is 3. The highest BCUT2D eigenvalue weighted by Crippen LogP contribution is 2.23. The predicted octanol–water partition coefficient (Wildman–Crippen LogP) is 3.37. The summed E-state index contributed by atoms with van der Waals surface area (Å²) in [6.45, 7) is 4.37. The molecule has 0 unspecified atom stereocenters. The van der Waals surface area contributed by atoms with Crippen molar-refractivity contribution < 1.29 is 4.79 Å². The summed E-state index contributed by atoms with van der Waals surface area (Å²) in [7, 11) is 0. The Labute approximate surface area is 129 Å². The Morgan fingerprint density at radius 2 is 2.19 bits per heavy atom. The number of amides is 2. The maximum atomic E-state index is 12.2. The zero-order valence-corrected chi connectivity index (χ0v) is 13.1. The Morgan fingerprint density at radius 3 is 3.05 bits per heavy atom. The van der Waals surface area contributed by atoms with Gasteiger partial charge in [-0.25, -0.2) is 4.79 Å². The molecule has 2 amide bonds. The zero-order valence-electron chi connectivity index (χ0n) is 12.3.